The quantitative estimate of drug-likeness (QED) is 0.668. The number of anilines is 1. The summed E-state index contributed by atoms with van der Waals surface area (Å²) in [6.45, 7) is 0. The van der Waals surface area contributed by atoms with Gasteiger partial charge in [-0.05, 0) is 18.2 Å². The van der Waals surface area contributed by atoms with E-state index in [1.54, 1.807) is 6.07 Å². The summed E-state index contributed by atoms with van der Waals surface area (Å²) in [6, 6.07) is 8.40. The summed E-state index contributed by atoms with van der Waals surface area (Å²) in [5.41, 5.74) is -1.03. The monoisotopic (exact) mass is 394 g/mol. The molecular weight excluding hydrogens is 382 g/mol. The second kappa shape index (κ2) is 7.16. The molecule has 0 amide bonds. The molecule has 0 aliphatic rings. The molecule has 0 unspecified atom stereocenters. The van der Waals surface area contributed by atoms with Gasteiger partial charge >= 0.3 is 5.97 Å². The molecule has 27 heavy (non-hydrogen) atoms. The van der Waals surface area contributed by atoms with Gasteiger partial charge in [0.05, 0.1) is 29.5 Å². The number of carbonyl (C=O) groups is 1. The van der Waals surface area contributed by atoms with Crippen molar-refractivity contribution >= 4 is 21.7 Å². The van der Waals surface area contributed by atoms with E-state index in [2.05, 4.69) is 9.89 Å². The van der Waals surface area contributed by atoms with Crippen LogP contribution in [0.5, 0.6) is 0 Å². The van der Waals surface area contributed by atoms with Crippen molar-refractivity contribution in [3.05, 3.63) is 65.9 Å². The average Bonchev–Trinajstić information content (AvgIpc) is 3.18. The number of methoxy groups -OCH3 is 1. The van der Waals surface area contributed by atoms with E-state index in [4.69, 9.17) is 4.52 Å². The summed E-state index contributed by atoms with van der Waals surface area (Å²) >= 11 is 0. The van der Waals surface area contributed by atoms with Gasteiger partial charge in [0.1, 0.15) is 11.6 Å². The smallest absolute Gasteiger partial charge is 0.340 e. The van der Waals surface area contributed by atoms with Crippen molar-refractivity contribution in [1.29, 1.82) is 0 Å². The normalized spacial score (nSPS) is 11.2. The first-order chi connectivity index (χ1) is 12.8. The summed E-state index contributed by atoms with van der Waals surface area (Å²) in [5, 5.41) is 3.53. The Morgan fingerprint density at radius 1 is 1.15 bits per heavy atom. The number of esters is 1. The molecule has 10 heteroatoms. The van der Waals surface area contributed by atoms with E-state index >= 15 is 0 Å². The Bertz CT molecular complexity index is 1100. The van der Waals surface area contributed by atoms with Crippen molar-refractivity contribution in [1.82, 2.24) is 5.16 Å². The minimum atomic E-state index is -4.31. The zero-order valence-electron chi connectivity index (χ0n) is 13.8. The van der Waals surface area contributed by atoms with E-state index in [1.165, 1.54) is 30.5 Å². The van der Waals surface area contributed by atoms with Crippen LogP contribution in [0.3, 0.4) is 0 Å². The lowest BCUT2D eigenvalue weighted by Gasteiger charge is -2.12. The predicted octanol–water partition coefficient (Wildman–Crippen LogP) is 3.21. The molecule has 3 rings (SSSR count). The number of benzene rings is 2. The summed E-state index contributed by atoms with van der Waals surface area (Å²) in [7, 11) is -3.29. The van der Waals surface area contributed by atoms with Crippen LogP contribution in [0.25, 0.3) is 11.3 Å². The van der Waals surface area contributed by atoms with Crippen LogP contribution in [0, 0.1) is 11.6 Å². The minimum Gasteiger partial charge on any atom is -0.465 e. The van der Waals surface area contributed by atoms with Gasteiger partial charge in [-0.3, -0.25) is 4.72 Å². The van der Waals surface area contributed by atoms with Crippen molar-refractivity contribution in [2.24, 2.45) is 0 Å². The van der Waals surface area contributed by atoms with Gasteiger partial charge < -0.3 is 9.26 Å². The highest BCUT2D eigenvalue weighted by Gasteiger charge is 2.24. The number of carbonyl (C=O) groups excluding carboxylic acids is 1. The molecule has 0 radical (unpaired) electrons. The van der Waals surface area contributed by atoms with Crippen LogP contribution in [0.15, 0.2) is 58.1 Å². The third kappa shape index (κ3) is 3.65. The molecule has 0 bridgehead atoms. The van der Waals surface area contributed by atoms with E-state index in [0.29, 0.717) is 6.07 Å². The second-order valence-electron chi connectivity index (χ2n) is 5.28. The van der Waals surface area contributed by atoms with E-state index in [1.807, 2.05) is 4.72 Å². The standard InChI is InChI=1S/C17H12F2N2O5S/c1-25-17(22)11-8-14(13(19)9-12(11)18)21-27(23,24)16-5-3-2-4-10(16)15-6-7-20-26-15/h2-9,21H,1H3. The van der Waals surface area contributed by atoms with E-state index in [0.717, 1.165) is 13.2 Å². The SMILES string of the molecule is COC(=O)c1cc(NS(=O)(=O)c2ccccc2-c2ccno2)c(F)cc1F. The van der Waals surface area contributed by atoms with Crippen LogP contribution in [0.1, 0.15) is 10.4 Å². The van der Waals surface area contributed by atoms with Gasteiger partial charge in [-0.15, -0.1) is 0 Å². The van der Waals surface area contributed by atoms with Gasteiger partial charge in [0.25, 0.3) is 10.0 Å². The zero-order chi connectivity index (χ0) is 19.6. The molecule has 0 fully saturated rings. The molecule has 0 aliphatic heterocycles. The highest BCUT2D eigenvalue weighted by atomic mass is 32.2. The topological polar surface area (TPSA) is 98.5 Å². The van der Waals surface area contributed by atoms with Gasteiger partial charge in [0.15, 0.2) is 5.76 Å². The summed E-state index contributed by atoms with van der Waals surface area (Å²) in [4.78, 5) is 11.3. The highest BCUT2D eigenvalue weighted by molar-refractivity contribution is 7.92. The fourth-order valence-electron chi connectivity index (χ4n) is 2.35. The number of hydrogen-bond acceptors (Lipinski definition) is 6. The fraction of sp³-hybridized carbons (Fsp3) is 0.0588. The van der Waals surface area contributed by atoms with E-state index in [9.17, 15) is 22.0 Å². The number of sulfonamides is 1. The van der Waals surface area contributed by atoms with Crippen LogP contribution in [-0.2, 0) is 14.8 Å². The third-order valence-corrected chi connectivity index (χ3v) is 5.01. The molecule has 0 atom stereocenters. The number of rotatable bonds is 5. The fourth-order valence-corrected chi connectivity index (χ4v) is 3.62. The molecule has 1 N–H and O–H groups in total. The molecule has 0 aliphatic carbocycles. The molecule has 2 aromatic carbocycles. The lowest BCUT2D eigenvalue weighted by atomic mass is 10.2. The summed E-state index contributed by atoms with van der Waals surface area (Å²) in [6.07, 6.45) is 1.34. The molecule has 3 aromatic rings. The maximum Gasteiger partial charge on any atom is 0.340 e. The lowest BCUT2D eigenvalue weighted by Crippen LogP contribution is -2.16. The largest absolute Gasteiger partial charge is 0.465 e. The molecule has 0 saturated heterocycles. The molecule has 140 valence electrons. The Morgan fingerprint density at radius 3 is 2.56 bits per heavy atom. The minimum absolute atomic E-state index is 0.186. The van der Waals surface area contributed by atoms with Gasteiger partial charge in [0, 0.05) is 17.7 Å². The molecule has 0 saturated carbocycles. The average molecular weight is 394 g/mol. The van der Waals surface area contributed by atoms with Gasteiger partial charge in [-0.2, -0.15) is 0 Å². The van der Waals surface area contributed by atoms with Crippen molar-refractivity contribution in [3.8, 4) is 11.3 Å². The zero-order valence-corrected chi connectivity index (χ0v) is 14.6. The van der Waals surface area contributed by atoms with Gasteiger partial charge in [0.2, 0.25) is 0 Å². The lowest BCUT2D eigenvalue weighted by molar-refractivity contribution is 0.0595. The first kappa shape index (κ1) is 18.5. The Labute approximate surface area is 152 Å². The van der Waals surface area contributed by atoms with Crippen LogP contribution < -0.4 is 4.72 Å². The number of aromatic nitrogens is 1. The Balaban J connectivity index is 2.05. The predicted molar refractivity (Wildman–Crippen MR) is 90.4 cm³/mol. The Kier molecular flexibility index (Phi) is 4.91. The van der Waals surface area contributed by atoms with Crippen LogP contribution in [0.2, 0.25) is 0 Å². The maximum atomic E-state index is 14.1. The first-order valence-corrected chi connectivity index (χ1v) is 8.92. The van der Waals surface area contributed by atoms with Crippen LogP contribution in [0.4, 0.5) is 14.5 Å². The molecule has 7 nitrogen and oxygen atoms in total. The number of halogens is 2. The highest BCUT2D eigenvalue weighted by Crippen LogP contribution is 2.29. The number of nitrogens with zero attached hydrogens (tertiary/aromatic N) is 1. The molecule has 1 aromatic heterocycles. The number of ether oxygens (including phenoxy) is 1. The van der Waals surface area contributed by atoms with Crippen molar-refractivity contribution in [3.63, 3.8) is 0 Å². The van der Waals surface area contributed by atoms with Crippen LogP contribution in [-0.4, -0.2) is 26.7 Å². The maximum absolute atomic E-state index is 14.1. The summed E-state index contributed by atoms with van der Waals surface area (Å²) in [5.74, 6) is -3.26. The van der Waals surface area contributed by atoms with Gasteiger partial charge in [-0.25, -0.2) is 22.0 Å². The number of hydrogen-bond donors (Lipinski definition) is 1. The molecular formula is C17H12F2N2O5S. The number of nitrogens with one attached hydrogen (secondary N) is 1. The van der Waals surface area contributed by atoms with Gasteiger partial charge in [-0.1, -0.05) is 17.3 Å². The summed E-state index contributed by atoms with van der Waals surface area (Å²) < 4.78 is 64.7. The molecule has 0 spiro atoms. The molecule has 1 heterocycles. The van der Waals surface area contributed by atoms with Crippen molar-refractivity contribution in [2.75, 3.05) is 11.8 Å². The van der Waals surface area contributed by atoms with Crippen molar-refractivity contribution in [2.45, 2.75) is 4.90 Å². The van der Waals surface area contributed by atoms with Crippen molar-refractivity contribution < 1.29 is 31.3 Å². The Morgan fingerprint density at radius 2 is 1.89 bits per heavy atom. The van der Waals surface area contributed by atoms with Crippen LogP contribution >= 0.6 is 0 Å². The first-order valence-electron chi connectivity index (χ1n) is 7.43. The van der Waals surface area contributed by atoms with E-state index < -0.39 is 38.9 Å². The second-order valence-corrected chi connectivity index (χ2v) is 6.93. The Hall–Kier alpha value is -3.27. The third-order valence-electron chi connectivity index (χ3n) is 3.59. The van der Waals surface area contributed by atoms with E-state index in [-0.39, 0.29) is 16.2 Å².